The third-order valence-electron chi connectivity index (χ3n) is 7.33. The first-order valence-corrected chi connectivity index (χ1v) is 15.8. The fraction of sp³-hybridized carbons (Fsp3) is 0.355. The maximum atomic E-state index is 14.1. The topological polar surface area (TPSA) is 86.8 Å². The van der Waals surface area contributed by atoms with Gasteiger partial charge in [-0.1, -0.05) is 66.4 Å². The van der Waals surface area contributed by atoms with Crippen LogP contribution in [0.15, 0.2) is 71.6 Å². The Morgan fingerprint density at radius 2 is 1.59 bits per heavy atom. The van der Waals surface area contributed by atoms with E-state index in [1.165, 1.54) is 17.0 Å². The third-order valence-corrected chi connectivity index (χ3v) is 9.70. The van der Waals surface area contributed by atoms with E-state index in [9.17, 15) is 18.0 Å². The molecule has 1 atom stereocenters. The highest BCUT2D eigenvalue weighted by molar-refractivity contribution is 7.92. The van der Waals surface area contributed by atoms with Crippen molar-refractivity contribution in [2.24, 2.45) is 0 Å². The van der Waals surface area contributed by atoms with Crippen LogP contribution in [0, 0.1) is 13.8 Å². The lowest BCUT2D eigenvalue weighted by atomic mass is 10.1. The Balaban J connectivity index is 1.72. The van der Waals surface area contributed by atoms with Gasteiger partial charge >= 0.3 is 0 Å². The summed E-state index contributed by atoms with van der Waals surface area (Å²) in [5, 5.41) is 3.85. The van der Waals surface area contributed by atoms with Gasteiger partial charge in [0.05, 0.1) is 10.6 Å². The van der Waals surface area contributed by atoms with Gasteiger partial charge in [-0.15, -0.1) is 0 Å². The van der Waals surface area contributed by atoms with Crippen molar-refractivity contribution < 1.29 is 18.0 Å². The monoisotopic (exact) mass is 615 g/mol. The molecule has 218 valence electrons. The highest BCUT2D eigenvalue weighted by Crippen LogP contribution is 2.28. The Hall–Kier alpha value is -3.07. The Morgan fingerprint density at radius 1 is 0.951 bits per heavy atom. The van der Waals surface area contributed by atoms with Crippen molar-refractivity contribution in [1.82, 2.24) is 10.2 Å². The van der Waals surface area contributed by atoms with Crippen molar-refractivity contribution in [1.29, 1.82) is 0 Å². The van der Waals surface area contributed by atoms with E-state index in [1.54, 1.807) is 55.5 Å². The summed E-state index contributed by atoms with van der Waals surface area (Å²) in [6, 6.07) is 17.5. The van der Waals surface area contributed by atoms with E-state index in [4.69, 9.17) is 23.2 Å². The van der Waals surface area contributed by atoms with E-state index < -0.39 is 28.5 Å². The molecule has 3 aromatic carbocycles. The quantitative estimate of drug-likeness (QED) is 0.291. The molecule has 1 unspecified atom stereocenters. The van der Waals surface area contributed by atoms with Crippen LogP contribution in [0.3, 0.4) is 0 Å². The predicted octanol–water partition coefficient (Wildman–Crippen LogP) is 6.28. The number of halogens is 2. The van der Waals surface area contributed by atoms with E-state index in [1.807, 2.05) is 19.9 Å². The van der Waals surface area contributed by atoms with Crippen LogP contribution in [0.1, 0.15) is 49.3 Å². The van der Waals surface area contributed by atoms with Crippen LogP contribution in [-0.2, 0) is 26.2 Å². The molecule has 0 spiro atoms. The van der Waals surface area contributed by atoms with Crippen LogP contribution >= 0.6 is 23.2 Å². The number of carbonyl (C=O) groups excluding carboxylic acids is 2. The average Bonchev–Trinajstić information content (AvgIpc) is 3.43. The van der Waals surface area contributed by atoms with Crippen molar-refractivity contribution in [2.75, 3.05) is 10.8 Å². The SMILES string of the molecule is Cc1cc(C)cc(N(CC(=O)N(Cc2ccc(Cl)cc2Cl)C(C)C(=O)NC2CCCC2)S(=O)(=O)c2ccccc2)c1. The van der Waals surface area contributed by atoms with Gasteiger partial charge < -0.3 is 10.2 Å². The zero-order valence-corrected chi connectivity index (χ0v) is 25.8. The van der Waals surface area contributed by atoms with Gasteiger partial charge in [0.25, 0.3) is 10.0 Å². The van der Waals surface area contributed by atoms with Crippen LogP contribution in [0.5, 0.6) is 0 Å². The number of benzene rings is 3. The van der Waals surface area contributed by atoms with Gasteiger partial charge in [-0.2, -0.15) is 0 Å². The smallest absolute Gasteiger partial charge is 0.264 e. The Labute approximate surface area is 252 Å². The first-order chi connectivity index (χ1) is 19.5. The molecule has 1 fully saturated rings. The van der Waals surface area contributed by atoms with Gasteiger partial charge in [-0.05, 0) is 86.7 Å². The summed E-state index contributed by atoms with van der Waals surface area (Å²) in [7, 11) is -4.13. The first kappa shape index (κ1) is 30.9. The molecule has 1 N–H and O–H groups in total. The number of amides is 2. The molecule has 4 rings (SSSR count). The number of aryl methyl sites for hydroxylation is 2. The van der Waals surface area contributed by atoms with Gasteiger partial charge in [0.2, 0.25) is 11.8 Å². The van der Waals surface area contributed by atoms with Crippen LogP contribution in [-0.4, -0.2) is 43.8 Å². The number of carbonyl (C=O) groups is 2. The second kappa shape index (κ2) is 13.3. The van der Waals surface area contributed by atoms with Crippen LogP contribution in [0.4, 0.5) is 5.69 Å². The minimum Gasteiger partial charge on any atom is -0.352 e. The molecule has 7 nitrogen and oxygen atoms in total. The number of nitrogens with one attached hydrogen (secondary N) is 1. The standard InChI is InChI=1S/C31H35Cl2N3O4S/c1-21-15-22(2)17-27(16-21)36(41(39,40)28-11-5-4-6-12-28)20-30(37)35(19-24-13-14-25(32)18-29(24)33)23(3)31(38)34-26-9-7-8-10-26/h4-6,11-18,23,26H,7-10,19-20H2,1-3H3,(H,34,38). The molecule has 0 bridgehead atoms. The molecule has 3 aromatic rings. The summed E-state index contributed by atoms with van der Waals surface area (Å²) in [6.07, 6.45) is 3.88. The summed E-state index contributed by atoms with van der Waals surface area (Å²) in [5.41, 5.74) is 2.67. The van der Waals surface area contributed by atoms with Crippen molar-refractivity contribution >= 4 is 50.7 Å². The van der Waals surface area contributed by atoms with E-state index in [0.717, 1.165) is 41.1 Å². The maximum absolute atomic E-state index is 14.1. The maximum Gasteiger partial charge on any atom is 0.264 e. The highest BCUT2D eigenvalue weighted by atomic mass is 35.5. The molecule has 1 aliphatic rings. The normalized spacial score (nSPS) is 14.5. The molecule has 1 saturated carbocycles. The lowest BCUT2D eigenvalue weighted by molar-refractivity contribution is -0.139. The van der Waals surface area contributed by atoms with Crippen LogP contribution in [0.25, 0.3) is 0 Å². The predicted molar refractivity (Wildman–Crippen MR) is 164 cm³/mol. The van der Waals surface area contributed by atoms with Gasteiger partial charge in [-0.25, -0.2) is 8.42 Å². The zero-order valence-electron chi connectivity index (χ0n) is 23.4. The van der Waals surface area contributed by atoms with Gasteiger partial charge in [-0.3, -0.25) is 13.9 Å². The molecule has 1 aliphatic carbocycles. The molecule has 10 heteroatoms. The molecule has 2 amide bonds. The van der Waals surface area contributed by atoms with Gasteiger partial charge in [0.15, 0.2) is 0 Å². The lowest BCUT2D eigenvalue weighted by Crippen LogP contribution is -2.52. The zero-order chi connectivity index (χ0) is 29.7. The van der Waals surface area contributed by atoms with Crippen molar-refractivity contribution in [2.45, 2.75) is 70.0 Å². The number of hydrogen-bond donors (Lipinski definition) is 1. The molecule has 0 saturated heterocycles. The largest absolute Gasteiger partial charge is 0.352 e. The van der Waals surface area contributed by atoms with E-state index in [2.05, 4.69) is 5.32 Å². The number of rotatable bonds is 10. The average molecular weight is 617 g/mol. The summed E-state index contributed by atoms with van der Waals surface area (Å²) in [4.78, 5) is 28.9. The summed E-state index contributed by atoms with van der Waals surface area (Å²) >= 11 is 12.6. The second-order valence-corrected chi connectivity index (χ2v) is 13.3. The van der Waals surface area contributed by atoms with Gasteiger partial charge in [0, 0.05) is 22.6 Å². The summed E-state index contributed by atoms with van der Waals surface area (Å²) in [5.74, 6) is -0.831. The number of sulfonamides is 1. The molecule has 0 aromatic heterocycles. The number of hydrogen-bond acceptors (Lipinski definition) is 4. The van der Waals surface area contributed by atoms with Crippen molar-refractivity contribution in [3.8, 4) is 0 Å². The van der Waals surface area contributed by atoms with Gasteiger partial charge in [0.1, 0.15) is 12.6 Å². The van der Waals surface area contributed by atoms with E-state index in [-0.39, 0.29) is 23.4 Å². The second-order valence-electron chi connectivity index (χ2n) is 10.6. The lowest BCUT2D eigenvalue weighted by Gasteiger charge is -2.33. The molecule has 41 heavy (non-hydrogen) atoms. The summed E-state index contributed by atoms with van der Waals surface area (Å²) < 4.78 is 29.0. The fourth-order valence-corrected chi connectivity index (χ4v) is 7.04. The third kappa shape index (κ3) is 7.61. The van der Waals surface area contributed by atoms with Crippen LogP contribution < -0.4 is 9.62 Å². The summed E-state index contributed by atoms with van der Waals surface area (Å²) in [6.45, 7) is 4.89. The Morgan fingerprint density at radius 3 is 2.20 bits per heavy atom. The number of anilines is 1. The van der Waals surface area contributed by atoms with Crippen molar-refractivity contribution in [3.05, 3.63) is 93.5 Å². The van der Waals surface area contributed by atoms with Crippen LogP contribution in [0.2, 0.25) is 10.0 Å². The van der Waals surface area contributed by atoms with Crippen molar-refractivity contribution in [3.63, 3.8) is 0 Å². The van der Waals surface area contributed by atoms with E-state index in [0.29, 0.717) is 21.3 Å². The first-order valence-electron chi connectivity index (χ1n) is 13.7. The molecule has 0 aliphatic heterocycles. The molecular weight excluding hydrogens is 581 g/mol. The Kier molecular flexibility index (Phi) is 10.00. The Bertz CT molecular complexity index is 1490. The fourth-order valence-electron chi connectivity index (χ4n) is 5.15. The minimum atomic E-state index is -4.13. The van der Waals surface area contributed by atoms with E-state index >= 15 is 0 Å². The highest BCUT2D eigenvalue weighted by Gasteiger charge is 2.33. The number of nitrogens with zero attached hydrogens (tertiary/aromatic N) is 2. The molecule has 0 radical (unpaired) electrons. The molecular formula is C31H35Cl2N3O4S. The molecule has 0 heterocycles. The minimum absolute atomic E-state index is 0.000157.